The van der Waals surface area contributed by atoms with Crippen LogP contribution in [0.25, 0.3) is 11.0 Å². The molecule has 0 radical (unpaired) electrons. The van der Waals surface area contributed by atoms with E-state index in [1.54, 1.807) is 6.92 Å². The van der Waals surface area contributed by atoms with Crippen LogP contribution >= 0.6 is 0 Å². The van der Waals surface area contributed by atoms with Crippen LogP contribution in [-0.4, -0.2) is 42.9 Å². The molecule has 8 nitrogen and oxygen atoms in total. The fourth-order valence-corrected chi connectivity index (χ4v) is 4.04. The molecule has 1 aliphatic rings. The van der Waals surface area contributed by atoms with Gasteiger partial charge in [-0.15, -0.1) is 0 Å². The molecule has 1 fully saturated rings. The highest BCUT2D eigenvalue weighted by Crippen LogP contribution is 2.22. The lowest BCUT2D eigenvalue weighted by atomic mass is 10.1. The molecule has 1 unspecified atom stereocenters. The predicted octanol–water partition coefficient (Wildman–Crippen LogP) is 1.35. The molecule has 146 valence electrons. The molecule has 1 saturated heterocycles. The van der Waals surface area contributed by atoms with Crippen LogP contribution in [0, 0.1) is 6.92 Å². The molecule has 8 heteroatoms. The Hall–Kier alpha value is -3.16. The number of benzene rings is 1. The number of likely N-dealkylation sites (tertiary alicyclic amines) is 1. The standard InChI is InChI=1S/C20H23N5O3/c1-13-15(19(27)23-20(28)22-13)8-9-18(26)25-10-4-5-14(25)11-24-12-21-16-6-2-3-7-17(16)24/h2-3,6-7,12,14H,4-5,8-11H2,1H3,(H2,22,23,27,28). The zero-order valence-electron chi connectivity index (χ0n) is 15.8. The number of fused-ring (bicyclic) bond motifs is 1. The van der Waals surface area contributed by atoms with Crippen molar-refractivity contribution in [2.24, 2.45) is 0 Å². The van der Waals surface area contributed by atoms with E-state index < -0.39 is 11.2 Å². The number of aromatic nitrogens is 4. The summed E-state index contributed by atoms with van der Waals surface area (Å²) < 4.78 is 2.10. The van der Waals surface area contributed by atoms with Gasteiger partial charge in [-0.2, -0.15) is 0 Å². The Balaban J connectivity index is 1.45. The molecule has 1 amide bonds. The first-order valence-corrected chi connectivity index (χ1v) is 9.54. The Labute approximate surface area is 161 Å². The van der Waals surface area contributed by atoms with E-state index >= 15 is 0 Å². The third-order valence-electron chi connectivity index (χ3n) is 5.48. The summed E-state index contributed by atoms with van der Waals surface area (Å²) >= 11 is 0. The molecule has 4 rings (SSSR count). The Bertz CT molecular complexity index is 1130. The zero-order valence-corrected chi connectivity index (χ0v) is 15.8. The van der Waals surface area contributed by atoms with E-state index in [9.17, 15) is 14.4 Å². The van der Waals surface area contributed by atoms with Gasteiger partial charge in [0.1, 0.15) is 0 Å². The van der Waals surface area contributed by atoms with Crippen LogP contribution in [0.3, 0.4) is 0 Å². The quantitative estimate of drug-likeness (QED) is 0.696. The largest absolute Gasteiger partial charge is 0.338 e. The Morgan fingerprint density at radius 3 is 2.89 bits per heavy atom. The molecule has 2 aromatic heterocycles. The molecule has 0 spiro atoms. The summed E-state index contributed by atoms with van der Waals surface area (Å²) in [4.78, 5) is 47.3. The van der Waals surface area contributed by atoms with Crippen molar-refractivity contribution in [1.29, 1.82) is 0 Å². The Morgan fingerprint density at radius 1 is 1.25 bits per heavy atom. The topological polar surface area (TPSA) is 104 Å². The number of amides is 1. The van der Waals surface area contributed by atoms with E-state index in [-0.39, 0.29) is 18.4 Å². The molecule has 0 aliphatic carbocycles. The number of para-hydroxylation sites is 2. The summed E-state index contributed by atoms with van der Waals surface area (Å²) in [6.07, 6.45) is 4.32. The van der Waals surface area contributed by atoms with Crippen LogP contribution < -0.4 is 11.2 Å². The second kappa shape index (κ2) is 7.46. The van der Waals surface area contributed by atoms with Gasteiger partial charge in [-0.25, -0.2) is 9.78 Å². The Kier molecular flexibility index (Phi) is 4.85. The summed E-state index contributed by atoms with van der Waals surface area (Å²) in [6.45, 7) is 3.13. The lowest BCUT2D eigenvalue weighted by molar-refractivity contribution is -0.132. The van der Waals surface area contributed by atoms with Gasteiger partial charge in [0.25, 0.3) is 5.56 Å². The maximum atomic E-state index is 12.8. The number of nitrogens with zero attached hydrogens (tertiary/aromatic N) is 3. The normalized spacial score (nSPS) is 16.8. The molecule has 1 atom stereocenters. The number of carbonyl (C=O) groups excluding carboxylic acids is 1. The van der Waals surface area contributed by atoms with Gasteiger partial charge < -0.3 is 14.5 Å². The van der Waals surface area contributed by atoms with Gasteiger partial charge in [-0.05, 0) is 38.3 Å². The van der Waals surface area contributed by atoms with E-state index in [0.717, 1.165) is 30.4 Å². The number of aromatic amines is 2. The van der Waals surface area contributed by atoms with E-state index in [2.05, 4.69) is 19.5 Å². The lowest BCUT2D eigenvalue weighted by Crippen LogP contribution is -2.38. The molecule has 1 aromatic carbocycles. The summed E-state index contributed by atoms with van der Waals surface area (Å²) in [5, 5.41) is 0. The number of aryl methyl sites for hydroxylation is 1. The fourth-order valence-electron chi connectivity index (χ4n) is 4.04. The summed E-state index contributed by atoms with van der Waals surface area (Å²) in [6, 6.07) is 8.09. The van der Waals surface area contributed by atoms with Crippen molar-refractivity contribution >= 4 is 16.9 Å². The monoisotopic (exact) mass is 381 g/mol. The van der Waals surface area contributed by atoms with E-state index in [1.807, 2.05) is 35.5 Å². The maximum absolute atomic E-state index is 12.8. The highest BCUT2D eigenvalue weighted by atomic mass is 16.2. The van der Waals surface area contributed by atoms with E-state index in [1.165, 1.54) is 0 Å². The number of carbonyl (C=O) groups is 1. The van der Waals surface area contributed by atoms with Gasteiger partial charge in [-0.1, -0.05) is 12.1 Å². The first-order chi connectivity index (χ1) is 13.5. The van der Waals surface area contributed by atoms with E-state index in [4.69, 9.17) is 0 Å². The summed E-state index contributed by atoms with van der Waals surface area (Å²) in [5.74, 6) is 0.0388. The predicted molar refractivity (Wildman–Crippen MR) is 105 cm³/mol. The van der Waals surface area contributed by atoms with Crippen LogP contribution in [0.4, 0.5) is 0 Å². The average Bonchev–Trinajstić information content (AvgIpc) is 3.28. The summed E-state index contributed by atoms with van der Waals surface area (Å²) in [7, 11) is 0. The molecular formula is C20H23N5O3. The first kappa shape index (κ1) is 18.2. The minimum Gasteiger partial charge on any atom is -0.338 e. The summed E-state index contributed by atoms with van der Waals surface area (Å²) in [5.41, 5.74) is 2.05. The second-order valence-corrected chi connectivity index (χ2v) is 7.28. The minimum absolute atomic E-state index is 0.0388. The van der Waals surface area contributed by atoms with Crippen LogP contribution in [0.15, 0.2) is 40.2 Å². The molecule has 1 aliphatic heterocycles. The highest BCUT2D eigenvalue weighted by Gasteiger charge is 2.29. The number of hydrogen-bond donors (Lipinski definition) is 2. The Morgan fingerprint density at radius 2 is 2.07 bits per heavy atom. The van der Waals surface area contributed by atoms with Gasteiger partial charge in [0.05, 0.1) is 17.4 Å². The molecule has 2 N–H and O–H groups in total. The van der Waals surface area contributed by atoms with Crippen molar-refractivity contribution < 1.29 is 4.79 Å². The highest BCUT2D eigenvalue weighted by molar-refractivity contribution is 5.77. The average molecular weight is 381 g/mol. The van der Waals surface area contributed by atoms with Gasteiger partial charge in [0.15, 0.2) is 0 Å². The second-order valence-electron chi connectivity index (χ2n) is 7.28. The van der Waals surface area contributed by atoms with Gasteiger partial charge >= 0.3 is 5.69 Å². The number of hydrogen-bond acceptors (Lipinski definition) is 4. The molecular weight excluding hydrogens is 358 g/mol. The number of H-pyrrole nitrogens is 2. The zero-order chi connectivity index (χ0) is 19.7. The van der Waals surface area contributed by atoms with Crippen molar-refractivity contribution in [2.45, 2.75) is 45.2 Å². The number of rotatable bonds is 5. The van der Waals surface area contributed by atoms with Crippen molar-refractivity contribution in [3.8, 4) is 0 Å². The molecule has 0 bridgehead atoms. The molecule has 3 heterocycles. The fraction of sp³-hybridized carbons (Fsp3) is 0.400. The van der Waals surface area contributed by atoms with Crippen molar-refractivity contribution in [1.82, 2.24) is 24.4 Å². The minimum atomic E-state index is -0.523. The van der Waals surface area contributed by atoms with Crippen molar-refractivity contribution in [2.75, 3.05) is 6.54 Å². The van der Waals surface area contributed by atoms with Crippen molar-refractivity contribution in [3.63, 3.8) is 0 Å². The smallest absolute Gasteiger partial charge is 0.325 e. The van der Waals surface area contributed by atoms with Gasteiger partial charge in [0.2, 0.25) is 5.91 Å². The van der Waals surface area contributed by atoms with E-state index in [0.29, 0.717) is 24.2 Å². The molecule has 0 saturated carbocycles. The van der Waals surface area contributed by atoms with Crippen molar-refractivity contribution in [3.05, 3.63) is 62.7 Å². The number of nitrogens with one attached hydrogen (secondary N) is 2. The SMILES string of the molecule is Cc1[nH]c(=O)[nH]c(=O)c1CCC(=O)N1CCCC1Cn1cnc2ccccc21. The third-order valence-corrected chi connectivity index (χ3v) is 5.48. The van der Waals surface area contributed by atoms with Gasteiger partial charge in [-0.3, -0.25) is 14.6 Å². The maximum Gasteiger partial charge on any atom is 0.325 e. The lowest BCUT2D eigenvalue weighted by Gasteiger charge is -2.25. The van der Waals surface area contributed by atoms with Crippen LogP contribution in [-0.2, 0) is 17.8 Å². The third kappa shape index (κ3) is 3.49. The first-order valence-electron chi connectivity index (χ1n) is 9.54. The molecule has 3 aromatic rings. The van der Waals surface area contributed by atoms with Crippen LogP contribution in [0.5, 0.6) is 0 Å². The molecule has 28 heavy (non-hydrogen) atoms. The van der Waals surface area contributed by atoms with Crippen LogP contribution in [0.2, 0.25) is 0 Å². The van der Waals surface area contributed by atoms with Crippen LogP contribution in [0.1, 0.15) is 30.5 Å². The number of imidazole rings is 1. The van der Waals surface area contributed by atoms with Gasteiger partial charge in [0, 0.05) is 36.8 Å².